The molecule has 2 aromatic rings. The van der Waals surface area contributed by atoms with Crippen molar-refractivity contribution in [1.82, 2.24) is 9.55 Å². The highest BCUT2D eigenvalue weighted by Crippen LogP contribution is 2.22. The van der Waals surface area contributed by atoms with Crippen LogP contribution < -0.4 is 5.56 Å². The molecule has 0 fully saturated rings. The molecule has 0 saturated heterocycles. The van der Waals surface area contributed by atoms with Crippen LogP contribution in [0, 0.1) is 0 Å². The van der Waals surface area contributed by atoms with Gasteiger partial charge in [0.05, 0.1) is 0 Å². The number of carbonyl (C=O) groups is 1. The first-order valence-corrected chi connectivity index (χ1v) is 7.48. The topological polar surface area (TPSA) is 72.2 Å². The summed E-state index contributed by atoms with van der Waals surface area (Å²) in [5.74, 6) is -0.947. The van der Waals surface area contributed by atoms with Gasteiger partial charge in [-0.05, 0) is 18.9 Å². The van der Waals surface area contributed by atoms with Crippen molar-refractivity contribution in [3.05, 3.63) is 58.6 Å². The Morgan fingerprint density at radius 2 is 2.10 bits per heavy atom. The van der Waals surface area contributed by atoms with Crippen LogP contribution in [0.4, 0.5) is 0 Å². The van der Waals surface area contributed by atoms with Gasteiger partial charge >= 0.3 is 5.97 Å². The molecule has 0 bridgehead atoms. The van der Waals surface area contributed by atoms with Gasteiger partial charge in [-0.15, -0.1) is 0 Å². The van der Waals surface area contributed by atoms with Crippen LogP contribution in [-0.2, 0) is 17.8 Å². The fraction of sp³-hybridized carbons (Fsp3) is 0.267. The van der Waals surface area contributed by atoms with E-state index in [9.17, 15) is 14.7 Å². The van der Waals surface area contributed by atoms with E-state index in [2.05, 4.69) is 4.98 Å². The molecule has 0 aliphatic heterocycles. The van der Waals surface area contributed by atoms with E-state index in [0.29, 0.717) is 13.0 Å². The average Bonchev–Trinajstić information content (AvgIpc) is 2.49. The van der Waals surface area contributed by atoms with Crippen molar-refractivity contribution in [2.45, 2.75) is 30.2 Å². The summed E-state index contributed by atoms with van der Waals surface area (Å²) < 4.78 is 1.51. The summed E-state index contributed by atoms with van der Waals surface area (Å²) in [7, 11) is 0. The third kappa shape index (κ3) is 3.95. The van der Waals surface area contributed by atoms with E-state index in [0.717, 1.165) is 17.3 Å². The minimum atomic E-state index is -0.947. The van der Waals surface area contributed by atoms with Crippen LogP contribution in [0.15, 0.2) is 52.5 Å². The van der Waals surface area contributed by atoms with Crippen LogP contribution in [0.3, 0.4) is 0 Å². The van der Waals surface area contributed by atoms with E-state index in [1.165, 1.54) is 10.8 Å². The molecule has 5 nitrogen and oxygen atoms in total. The van der Waals surface area contributed by atoms with E-state index in [4.69, 9.17) is 0 Å². The quantitative estimate of drug-likeness (QED) is 0.827. The largest absolute Gasteiger partial charge is 0.480 e. The second kappa shape index (κ2) is 7.08. The van der Waals surface area contributed by atoms with Gasteiger partial charge in [-0.1, -0.05) is 42.1 Å². The molecule has 110 valence electrons. The van der Waals surface area contributed by atoms with Gasteiger partial charge in [-0.3, -0.25) is 9.59 Å². The van der Waals surface area contributed by atoms with Crippen molar-refractivity contribution in [2.75, 3.05) is 0 Å². The van der Waals surface area contributed by atoms with E-state index in [-0.39, 0.29) is 10.6 Å². The Morgan fingerprint density at radius 1 is 1.38 bits per heavy atom. The van der Waals surface area contributed by atoms with Crippen molar-refractivity contribution in [3.63, 3.8) is 0 Å². The monoisotopic (exact) mass is 304 g/mol. The van der Waals surface area contributed by atoms with Crippen LogP contribution >= 0.6 is 11.8 Å². The van der Waals surface area contributed by atoms with Gasteiger partial charge < -0.3 is 9.67 Å². The van der Waals surface area contributed by atoms with E-state index >= 15 is 0 Å². The number of carboxylic acids is 1. The normalized spacial score (nSPS) is 12.0. The van der Waals surface area contributed by atoms with Gasteiger partial charge in [-0.2, -0.15) is 0 Å². The molecular formula is C15H16N2O3S. The van der Waals surface area contributed by atoms with Gasteiger partial charge in [0, 0.05) is 18.9 Å². The van der Waals surface area contributed by atoms with Gasteiger partial charge in [0.1, 0.15) is 5.25 Å². The highest BCUT2D eigenvalue weighted by molar-refractivity contribution is 8.00. The summed E-state index contributed by atoms with van der Waals surface area (Å²) in [5, 5.41) is 8.84. The third-order valence-corrected chi connectivity index (χ3v) is 4.17. The van der Waals surface area contributed by atoms with Crippen LogP contribution in [0.2, 0.25) is 0 Å². The molecule has 1 aromatic carbocycles. The minimum absolute atomic E-state index is 0.225. The molecule has 6 heteroatoms. The maximum atomic E-state index is 12.1. The number of hydrogen-bond donors (Lipinski definition) is 1. The average molecular weight is 304 g/mol. The first kappa shape index (κ1) is 15.3. The predicted molar refractivity (Wildman–Crippen MR) is 81.6 cm³/mol. The zero-order valence-corrected chi connectivity index (χ0v) is 12.4. The summed E-state index contributed by atoms with van der Waals surface area (Å²) in [5.41, 5.74) is 0.674. The van der Waals surface area contributed by atoms with Gasteiger partial charge in [0.2, 0.25) is 0 Å². The maximum Gasteiger partial charge on any atom is 0.317 e. The van der Waals surface area contributed by atoms with Crippen molar-refractivity contribution in [3.8, 4) is 0 Å². The molecule has 1 N–H and O–H groups in total. The SMILES string of the molecule is CCn1ccnc(SC(Cc2ccccc2)C(=O)O)c1=O. The van der Waals surface area contributed by atoms with Crippen LogP contribution in [-0.4, -0.2) is 25.9 Å². The van der Waals surface area contributed by atoms with Gasteiger partial charge in [0.25, 0.3) is 5.56 Å². The number of thioether (sulfide) groups is 1. The highest BCUT2D eigenvalue weighted by atomic mass is 32.2. The molecule has 0 aliphatic carbocycles. The number of benzene rings is 1. The van der Waals surface area contributed by atoms with Crippen molar-refractivity contribution in [1.29, 1.82) is 0 Å². The smallest absolute Gasteiger partial charge is 0.317 e. The molecule has 0 spiro atoms. The predicted octanol–water partition coefficient (Wildman–Crippen LogP) is 2.05. The van der Waals surface area contributed by atoms with Crippen LogP contribution in [0.5, 0.6) is 0 Å². The maximum absolute atomic E-state index is 12.1. The standard InChI is InChI=1S/C15H16N2O3S/c1-2-17-9-8-16-13(14(17)18)21-12(15(19)20)10-11-6-4-3-5-7-11/h3-9,12H,2,10H2,1H3,(H,19,20). The third-order valence-electron chi connectivity index (χ3n) is 3.02. The first-order chi connectivity index (χ1) is 10.1. The Balaban J connectivity index is 2.21. The molecule has 0 radical (unpaired) electrons. The Morgan fingerprint density at radius 3 is 2.71 bits per heavy atom. The first-order valence-electron chi connectivity index (χ1n) is 6.60. The van der Waals surface area contributed by atoms with Crippen molar-refractivity contribution >= 4 is 17.7 Å². The number of aromatic nitrogens is 2. The Bertz CT molecular complexity index is 670. The lowest BCUT2D eigenvalue weighted by Crippen LogP contribution is -2.25. The molecule has 0 aliphatic rings. The molecule has 0 amide bonds. The Kier molecular flexibility index (Phi) is 5.16. The molecule has 1 heterocycles. The van der Waals surface area contributed by atoms with E-state index in [1.54, 1.807) is 6.20 Å². The number of rotatable bonds is 6. The fourth-order valence-corrected chi connectivity index (χ4v) is 2.89. The van der Waals surface area contributed by atoms with E-state index < -0.39 is 11.2 Å². The van der Waals surface area contributed by atoms with Crippen molar-refractivity contribution < 1.29 is 9.90 Å². The lowest BCUT2D eigenvalue weighted by Gasteiger charge is -2.12. The van der Waals surface area contributed by atoms with Crippen LogP contribution in [0.1, 0.15) is 12.5 Å². The number of carboxylic acid groups (broad SMARTS) is 1. The van der Waals surface area contributed by atoms with Crippen molar-refractivity contribution in [2.24, 2.45) is 0 Å². The number of aliphatic carboxylic acids is 1. The summed E-state index contributed by atoms with van der Waals surface area (Å²) >= 11 is 1.00. The second-order valence-corrected chi connectivity index (χ2v) is 5.65. The zero-order chi connectivity index (χ0) is 15.2. The minimum Gasteiger partial charge on any atom is -0.480 e. The van der Waals surface area contributed by atoms with E-state index in [1.807, 2.05) is 37.3 Å². The molecule has 1 aromatic heterocycles. The fourth-order valence-electron chi connectivity index (χ4n) is 1.90. The number of hydrogen-bond acceptors (Lipinski definition) is 4. The molecule has 21 heavy (non-hydrogen) atoms. The summed E-state index contributed by atoms with van der Waals surface area (Å²) in [6, 6.07) is 9.36. The summed E-state index contributed by atoms with van der Waals surface area (Å²) in [6.07, 6.45) is 3.47. The Hall–Kier alpha value is -2.08. The molecule has 1 unspecified atom stereocenters. The molecule has 1 atom stereocenters. The molecular weight excluding hydrogens is 288 g/mol. The summed E-state index contributed by atoms with van der Waals surface area (Å²) in [4.78, 5) is 27.5. The second-order valence-electron chi connectivity index (χ2n) is 4.46. The van der Waals surface area contributed by atoms with Gasteiger partial charge in [0.15, 0.2) is 5.03 Å². The highest BCUT2D eigenvalue weighted by Gasteiger charge is 2.22. The number of nitrogens with zero attached hydrogens (tertiary/aromatic N) is 2. The Labute approximate surface area is 126 Å². The lowest BCUT2D eigenvalue weighted by atomic mass is 10.1. The van der Waals surface area contributed by atoms with Crippen LogP contribution in [0.25, 0.3) is 0 Å². The summed E-state index contributed by atoms with van der Waals surface area (Å²) in [6.45, 7) is 2.39. The lowest BCUT2D eigenvalue weighted by molar-refractivity contribution is -0.136. The number of aryl methyl sites for hydroxylation is 1. The molecule has 0 saturated carbocycles. The molecule has 2 rings (SSSR count). The van der Waals surface area contributed by atoms with Gasteiger partial charge in [-0.25, -0.2) is 4.98 Å². The zero-order valence-electron chi connectivity index (χ0n) is 11.6.